The topological polar surface area (TPSA) is 58.1 Å². The molecule has 1 aromatic carbocycles. The maximum absolute atomic E-state index is 12.4. The van der Waals surface area contributed by atoms with Gasteiger partial charge in [0.25, 0.3) is 0 Å². The largest absolute Gasteiger partial charge is 0.355 e. The molecule has 6 heteroatoms. The minimum Gasteiger partial charge on any atom is -0.355 e. The van der Waals surface area contributed by atoms with Crippen LogP contribution in [0.4, 0.5) is 11.5 Å². The number of hydrogen-bond donors (Lipinski definition) is 1. The molecule has 1 aromatic heterocycles. The molecule has 5 nitrogen and oxygen atoms in total. The Balaban J connectivity index is 1.56. The van der Waals surface area contributed by atoms with Crippen molar-refractivity contribution >= 4 is 33.3 Å². The predicted octanol–water partition coefficient (Wildman–Crippen LogP) is 3.40. The van der Waals surface area contributed by atoms with Crippen LogP contribution in [-0.4, -0.2) is 29.0 Å². The van der Waals surface area contributed by atoms with Gasteiger partial charge in [-0.2, -0.15) is 0 Å². The van der Waals surface area contributed by atoms with Gasteiger partial charge in [0.2, 0.25) is 5.91 Å². The second-order valence-corrected chi connectivity index (χ2v) is 6.69. The number of amides is 1. The van der Waals surface area contributed by atoms with Crippen molar-refractivity contribution in [3.63, 3.8) is 0 Å². The van der Waals surface area contributed by atoms with Crippen molar-refractivity contribution < 1.29 is 4.79 Å². The van der Waals surface area contributed by atoms with Gasteiger partial charge in [0, 0.05) is 35.4 Å². The Hall–Kier alpha value is -1.95. The van der Waals surface area contributed by atoms with Crippen LogP contribution in [0.1, 0.15) is 18.5 Å². The van der Waals surface area contributed by atoms with E-state index in [2.05, 4.69) is 36.1 Å². The van der Waals surface area contributed by atoms with Gasteiger partial charge in [-0.05, 0) is 44.0 Å². The number of nitrogens with zero attached hydrogens (tertiary/aromatic N) is 3. The Morgan fingerprint density at radius 3 is 2.57 bits per heavy atom. The van der Waals surface area contributed by atoms with E-state index >= 15 is 0 Å². The fourth-order valence-corrected chi connectivity index (χ4v) is 3.02. The second kappa shape index (κ2) is 7.08. The molecule has 1 fully saturated rings. The van der Waals surface area contributed by atoms with E-state index in [1.807, 2.05) is 31.2 Å². The summed E-state index contributed by atoms with van der Waals surface area (Å²) in [5.74, 6) is 1.05. The number of benzene rings is 1. The molecule has 1 amide bonds. The molecule has 0 unspecified atom stereocenters. The van der Waals surface area contributed by atoms with Gasteiger partial charge in [-0.15, -0.1) is 0 Å². The Bertz CT molecular complexity index is 681. The van der Waals surface area contributed by atoms with Crippen LogP contribution in [0.25, 0.3) is 0 Å². The summed E-state index contributed by atoms with van der Waals surface area (Å²) in [5.41, 5.74) is 1.75. The molecule has 1 aliphatic heterocycles. The molecule has 3 rings (SSSR count). The SMILES string of the molecule is Cc1cncc(N2CCC(C(=O)Nc3ccc(Br)cc3)CC2)n1. The monoisotopic (exact) mass is 374 g/mol. The van der Waals surface area contributed by atoms with Crippen LogP contribution < -0.4 is 10.2 Å². The number of aryl methyl sites for hydroxylation is 1. The third kappa shape index (κ3) is 4.07. The van der Waals surface area contributed by atoms with Crippen LogP contribution in [-0.2, 0) is 4.79 Å². The van der Waals surface area contributed by atoms with E-state index in [0.29, 0.717) is 0 Å². The maximum Gasteiger partial charge on any atom is 0.227 e. The van der Waals surface area contributed by atoms with E-state index in [1.54, 1.807) is 12.4 Å². The summed E-state index contributed by atoms with van der Waals surface area (Å²) in [5, 5.41) is 3.00. The normalized spacial score (nSPS) is 15.5. The third-order valence-electron chi connectivity index (χ3n) is 4.04. The van der Waals surface area contributed by atoms with Gasteiger partial charge in [0.1, 0.15) is 5.82 Å². The summed E-state index contributed by atoms with van der Waals surface area (Å²) < 4.78 is 1.00. The molecule has 0 saturated carbocycles. The number of carbonyl (C=O) groups is 1. The van der Waals surface area contributed by atoms with Gasteiger partial charge < -0.3 is 10.2 Å². The lowest BCUT2D eigenvalue weighted by atomic mass is 9.96. The summed E-state index contributed by atoms with van der Waals surface area (Å²) in [6, 6.07) is 7.65. The van der Waals surface area contributed by atoms with E-state index < -0.39 is 0 Å². The minimum atomic E-state index is 0.0488. The molecular weight excluding hydrogens is 356 g/mol. The average Bonchev–Trinajstić information content (AvgIpc) is 2.57. The van der Waals surface area contributed by atoms with Gasteiger partial charge in [-0.1, -0.05) is 15.9 Å². The summed E-state index contributed by atoms with van der Waals surface area (Å²) in [6.07, 6.45) is 5.20. The Kier molecular flexibility index (Phi) is 4.91. The first-order valence-electron chi connectivity index (χ1n) is 7.72. The third-order valence-corrected chi connectivity index (χ3v) is 4.57. The van der Waals surface area contributed by atoms with Gasteiger partial charge in [0.15, 0.2) is 0 Å². The lowest BCUT2D eigenvalue weighted by Gasteiger charge is -2.32. The molecule has 0 spiro atoms. The number of halogens is 1. The smallest absolute Gasteiger partial charge is 0.227 e. The highest BCUT2D eigenvalue weighted by molar-refractivity contribution is 9.10. The van der Waals surface area contributed by atoms with E-state index in [1.165, 1.54) is 0 Å². The van der Waals surface area contributed by atoms with Crippen molar-refractivity contribution in [3.8, 4) is 0 Å². The van der Waals surface area contributed by atoms with Gasteiger partial charge in [-0.25, -0.2) is 4.98 Å². The van der Waals surface area contributed by atoms with E-state index in [4.69, 9.17) is 0 Å². The fourth-order valence-electron chi connectivity index (χ4n) is 2.75. The Labute approximate surface area is 144 Å². The predicted molar refractivity (Wildman–Crippen MR) is 94.5 cm³/mol. The first-order valence-corrected chi connectivity index (χ1v) is 8.51. The minimum absolute atomic E-state index is 0.0488. The number of piperidine rings is 1. The van der Waals surface area contributed by atoms with Crippen LogP contribution in [0.5, 0.6) is 0 Å². The van der Waals surface area contributed by atoms with Crippen molar-refractivity contribution in [3.05, 3.63) is 46.8 Å². The summed E-state index contributed by atoms with van der Waals surface area (Å²) in [4.78, 5) is 23.3. The molecule has 0 atom stereocenters. The Morgan fingerprint density at radius 1 is 1.22 bits per heavy atom. The quantitative estimate of drug-likeness (QED) is 0.894. The summed E-state index contributed by atoms with van der Waals surface area (Å²) >= 11 is 3.39. The Morgan fingerprint density at radius 2 is 1.91 bits per heavy atom. The standard InChI is InChI=1S/C17H19BrN4O/c1-12-10-19-11-16(20-12)22-8-6-13(7-9-22)17(23)21-15-4-2-14(18)3-5-15/h2-5,10-11,13H,6-9H2,1H3,(H,21,23). The van der Waals surface area contributed by atoms with Gasteiger partial charge in [-0.3, -0.25) is 9.78 Å². The number of anilines is 2. The molecule has 1 N–H and O–H groups in total. The first kappa shape index (κ1) is 15.9. The van der Waals surface area contributed by atoms with Crippen LogP contribution in [0, 0.1) is 12.8 Å². The van der Waals surface area contributed by atoms with Crippen molar-refractivity contribution in [2.24, 2.45) is 5.92 Å². The van der Waals surface area contributed by atoms with Crippen molar-refractivity contribution in [2.75, 3.05) is 23.3 Å². The zero-order valence-corrected chi connectivity index (χ0v) is 14.6. The van der Waals surface area contributed by atoms with E-state index in [-0.39, 0.29) is 11.8 Å². The summed E-state index contributed by atoms with van der Waals surface area (Å²) in [6.45, 7) is 3.60. The fraction of sp³-hybridized carbons (Fsp3) is 0.353. The number of nitrogens with one attached hydrogen (secondary N) is 1. The highest BCUT2D eigenvalue weighted by Crippen LogP contribution is 2.23. The molecule has 1 saturated heterocycles. The first-order chi connectivity index (χ1) is 11.1. The average molecular weight is 375 g/mol. The molecule has 1 aliphatic rings. The van der Waals surface area contributed by atoms with E-state index in [0.717, 1.165) is 47.6 Å². The molecule has 2 aromatic rings. The maximum atomic E-state index is 12.4. The zero-order chi connectivity index (χ0) is 16.2. The number of hydrogen-bond acceptors (Lipinski definition) is 4. The highest BCUT2D eigenvalue weighted by Gasteiger charge is 2.25. The van der Waals surface area contributed by atoms with Crippen molar-refractivity contribution in [1.29, 1.82) is 0 Å². The summed E-state index contributed by atoms with van der Waals surface area (Å²) in [7, 11) is 0. The van der Waals surface area contributed by atoms with Gasteiger partial charge >= 0.3 is 0 Å². The van der Waals surface area contributed by atoms with Crippen LogP contribution in [0.2, 0.25) is 0 Å². The molecule has 2 heterocycles. The van der Waals surface area contributed by atoms with Crippen LogP contribution in [0.3, 0.4) is 0 Å². The lowest BCUT2D eigenvalue weighted by molar-refractivity contribution is -0.120. The van der Waals surface area contributed by atoms with Gasteiger partial charge in [0.05, 0.1) is 11.9 Å². The van der Waals surface area contributed by atoms with Crippen LogP contribution in [0.15, 0.2) is 41.1 Å². The number of rotatable bonds is 3. The number of aromatic nitrogens is 2. The molecular formula is C17H19BrN4O. The van der Waals surface area contributed by atoms with Crippen molar-refractivity contribution in [2.45, 2.75) is 19.8 Å². The second-order valence-electron chi connectivity index (χ2n) is 5.78. The molecule has 23 heavy (non-hydrogen) atoms. The molecule has 0 radical (unpaired) electrons. The van der Waals surface area contributed by atoms with Crippen LogP contribution >= 0.6 is 15.9 Å². The molecule has 0 aliphatic carbocycles. The number of carbonyl (C=O) groups excluding carboxylic acids is 1. The lowest BCUT2D eigenvalue weighted by Crippen LogP contribution is -2.38. The van der Waals surface area contributed by atoms with E-state index in [9.17, 15) is 4.79 Å². The molecule has 0 bridgehead atoms. The highest BCUT2D eigenvalue weighted by atomic mass is 79.9. The molecule has 120 valence electrons. The zero-order valence-electron chi connectivity index (χ0n) is 13.0. The van der Waals surface area contributed by atoms with Crippen molar-refractivity contribution in [1.82, 2.24) is 9.97 Å².